The standard InChI is InChI=1S/C18H28N2/c1-15(2)13-20-14-18(10-6-3-7-11-18)19-12-16-8-4-5-9-17(16)20/h4-5,8-9,15,19H,3,6-7,10-14H2,1-2H3. The summed E-state index contributed by atoms with van der Waals surface area (Å²) < 4.78 is 0. The second-order valence-electron chi connectivity index (χ2n) is 7.10. The minimum Gasteiger partial charge on any atom is -0.369 e. The molecule has 1 saturated carbocycles. The van der Waals surface area contributed by atoms with Crippen LogP contribution < -0.4 is 10.2 Å². The minimum atomic E-state index is 0.353. The van der Waals surface area contributed by atoms with Gasteiger partial charge in [0.25, 0.3) is 0 Å². The topological polar surface area (TPSA) is 15.3 Å². The molecule has 0 unspecified atom stereocenters. The Kier molecular flexibility index (Phi) is 4.02. The molecule has 3 rings (SSSR count). The number of anilines is 1. The van der Waals surface area contributed by atoms with Gasteiger partial charge in [-0.3, -0.25) is 0 Å². The van der Waals surface area contributed by atoms with E-state index < -0.39 is 0 Å². The van der Waals surface area contributed by atoms with Crippen LogP contribution in [-0.4, -0.2) is 18.6 Å². The molecule has 110 valence electrons. The summed E-state index contributed by atoms with van der Waals surface area (Å²) in [6.45, 7) is 8.04. The zero-order valence-electron chi connectivity index (χ0n) is 13.0. The monoisotopic (exact) mass is 272 g/mol. The molecule has 2 nitrogen and oxygen atoms in total. The van der Waals surface area contributed by atoms with E-state index in [1.165, 1.54) is 56.4 Å². The smallest absolute Gasteiger partial charge is 0.0412 e. The molecular formula is C18H28N2. The molecule has 2 aliphatic rings. The zero-order chi connectivity index (χ0) is 14.0. The van der Waals surface area contributed by atoms with E-state index in [2.05, 4.69) is 48.3 Å². The van der Waals surface area contributed by atoms with Crippen molar-refractivity contribution in [2.24, 2.45) is 5.92 Å². The fraction of sp³-hybridized carbons (Fsp3) is 0.667. The summed E-state index contributed by atoms with van der Waals surface area (Å²) in [7, 11) is 0. The number of hydrogen-bond donors (Lipinski definition) is 1. The molecular weight excluding hydrogens is 244 g/mol. The summed E-state index contributed by atoms with van der Waals surface area (Å²) in [6, 6.07) is 8.96. The average molecular weight is 272 g/mol. The first kappa shape index (κ1) is 13.9. The Morgan fingerprint density at radius 2 is 1.90 bits per heavy atom. The van der Waals surface area contributed by atoms with Gasteiger partial charge in [0, 0.05) is 30.9 Å². The molecule has 0 saturated heterocycles. The number of fused-ring (bicyclic) bond motifs is 1. The molecule has 1 heterocycles. The molecule has 1 aromatic rings. The molecule has 0 bridgehead atoms. The molecule has 1 aliphatic carbocycles. The molecule has 0 atom stereocenters. The van der Waals surface area contributed by atoms with E-state index in [-0.39, 0.29) is 0 Å². The van der Waals surface area contributed by atoms with Gasteiger partial charge < -0.3 is 10.2 Å². The lowest BCUT2D eigenvalue weighted by Gasteiger charge is -2.41. The predicted octanol–water partition coefficient (Wildman–Crippen LogP) is 3.96. The second-order valence-corrected chi connectivity index (χ2v) is 7.10. The molecule has 0 amide bonds. The van der Waals surface area contributed by atoms with Crippen LogP contribution in [-0.2, 0) is 6.54 Å². The molecule has 1 fully saturated rings. The summed E-state index contributed by atoms with van der Waals surface area (Å²) >= 11 is 0. The van der Waals surface area contributed by atoms with Gasteiger partial charge in [0.1, 0.15) is 0 Å². The summed E-state index contributed by atoms with van der Waals surface area (Å²) in [5.41, 5.74) is 3.28. The van der Waals surface area contributed by atoms with Crippen molar-refractivity contribution >= 4 is 5.69 Å². The van der Waals surface area contributed by atoms with Crippen LogP contribution in [0.3, 0.4) is 0 Å². The molecule has 0 aromatic heterocycles. The van der Waals surface area contributed by atoms with E-state index in [1.807, 2.05) is 0 Å². The lowest BCUT2D eigenvalue weighted by molar-refractivity contribution is 0.235. The van der Waals surface area contributed by atoms with E-state index in [1.54, 1.807) is 0 Å². The lowest BCUT2D eigenvalue weighted by Crippen LogP contribution is -2.53. The first-order chi connectivity index (χ1) is 9.69. The normalized spacial score (nSPS) is 21.9. The van der Waals surface area contributed by atoms with Crippen molar-refractivity contribution in [2.75, 3.05) is 18.0 Å². The van der Waals surface area contributed by atoms with Crippen LogP contribution in [0, 0.1) is 5.92 Å². The summed E-state index contributed by atoms with van der Waals surface area (Å²) in [5.74, 6) is 0.710. The molecule has 1 spiro atoms. The third-order valence-electron chi connectivity index (χ3n) is 4.88. The van der Waals surface area contributed by atoms with Gasteiger partial charge in [0.2, 0.25) is 0 Å². The first-order valence-corrected chi connectivity index (χ1v) is 8.26. The molecule has 1 aliphatic heterocycles. The van der Waals surface area contributed by atoms with Crippen LogP contribution in [0.25, 0.3) is 0 Å². The van der Waals surface area contributed by atoms with Gasteiger partial charge in [-0.05, 0) is 30.4 Å². The van der Waals surface area contributed by atoms with Gasteiger partial charge >= 0.3 is 0 Å². The highest BCUT2D eigenvalue weighted by Crippen LogP contribution is 2.35. The zero-order valence-corrected chi connectivity index (χ0v) is 13.0. The highest BCUT2D eigenvalue weighted by Gasteiger charge is 2.36. The maximum Gasteiger partial charge on any atom is 0.0412 e. The highest BCUT2D eigenvalue weighted by molar-refractivity contribution is 5.55. The number of nitrogens with zero attached hydrogens (tertiary/aromatic N) is 1. The van der Waals surface area contributed by atoms with Crippen LogP contribution in [0.5, 0.6) is 0 Å². The maximum atomic E-state index is 3.91. The van der Waals surface area contributed by atoms with Gasteiger partial charge in [0.05, 0.1) is 0 Å². The Morgan fingerprint density at radius 1 is 1.15 bits per heavy atom. The van der Waals surface area contributed by atoms with Crippen molar-refractivity contribution in [3.05, 3.63) is 29.8 Å². The van der Waals surface area contributed by atoms with E-state index in [0.29, 0.717) is 11.5 Å². The van der Waals surface area contributed by atoms with Gasteiger partial charge in [-0.25, -0.2) is 0 Å². The molecule has 1 N–H and O–H groups in total. The molecule has 2 heteroatoms. The van der Waals surface area contributed by atoms with Gasteiger partial charge in [-0.15, -0.1) is 0 Å². The van der Waals surface area contributed by atoms with Crippen LogP contribution >= 0.6 is 0 Å². The van der Waals surface area contributed by atoms with Gasteiger partial charge in [-0.2, -0.15) is 0 Å². The number of para-hydroxylation sites is 1. The summed E-state index contributed by atoms with van der Waals surface area (Å²) in [4.78, 5) is 2.64. The van der Waals surface area contributed by atoms with E-state index in [9.17, 15) is 0 Å². The molecule has 20 heavy (non-hydrogen) atoms. The van der Waals surface area contributed by atoms with Crippen LogP contribution in [0.1, 0.15) is 51.5 Å². The van der Waals surface area contributed by atoms with E-state index in [4.69, 9.17) is 0 Å². The SMILES string of the molecule is CC(C)CN1CC2(CCCCC2)NCc2ccccc21. The largest absolute Gasteiger partial charge is 0.369 e. The number of nitrogens with one attached hydrogen (secondary N) is 1. The predicted molar refractivity (Wildman–Crippen MR) is 86.1 cm³/mol. The van der Waals surface area contributed by atoms with Gasteiger partial charge in [0.15, 0.2) is 0 Å². The van der Waals surface area contributed by atoms with Crippen LogP contribution in [0.4, 0.5) is 5.69 Å². The van der Waals surface area contributed by atoms with E-state index >= 15 is 0 Å². The van der Waals surface area contributed by atoms with Crippen molar-refractivity contribution in [1.82, 2.24) is 5.32 Å². The van der Waals surface area contributed by atoms with Gasteiger partial charge in [-0.1, -0.05) is 51.3 Å². The summed E-state index contributed by atoms with van der Waals surface area (Å²) in [5, 5.41) is 3.91. The first-order valence-electron chi connectivity index (χ1n) is 8.26. The Labute approximate surface area is 123 Å². The van der Waals surface area contributed by atoms with Crippen molar-refractivity contribution in [3.63, 3.8) is 0 Å². The van der Waals surface area contributed by atoms with Crippen LogP contribution in [0.15, 0.2) is 24.3 Å². The molecule has 1 aromatic carbocycles. The van der Waals surface area contributed by atoms with Crippen molar-refractivity contribution < 1.29 is 0 Å². The maximum absolute atomic E-state index is 3.91. The second kappa shape index (κ2) is 5.77. The Bertz CT molecular complexity index is 446. The Balaban J connectivity index is 1.90. The molecule has 0 radical (unpaired) electrons. The third kappa shape index (κ3) is 2.85. The highest BCUT2D eigenvalue weighted by atomic mass is 15.2. The number of hydrogen-bond acceptors (Lipinski definition) is 2. The lowest BCUT2D eigenvalue weighted by atomic mass is 9.81. The third-order valence-corrected chi connectivity index (χ3v) is 4.88. The van der Waals surface area contributed by atoms with Crippen LogP contribution in [0.2, 0.25) is 0 Å². The average Bonchev–Trinajstić information content (AvgIpc) is 2.58. The van der Waals surface area contributed by atoms with Crippen molar-refractivity contribution in [2.45, 2.75) is 58.0 Å². The fourth-order valence-corrected chi connectivity index (χ4v) is 3.93. The van der Waals surface area contributed by atoms with E-state index in [0.717, 1.165) is 6.54 Å². The Morgan fingerprint density at radius 3 is 2.65 bits per heavy atom. The number of rotatable bonds is 2. The number of benzene rings is 1. The Hall–Kier alpha value is -1.02. The quantitative estimate of drug-likeness (QED) is 0.877. The fourth-order valence-electron chi connectivity index (χ4n) is 3.93. The minimum absolute atomic E-state index is 0.353. The van der Waals surface area contributed by atoms with Crippen molar-refractivity contribution in [1.29, 1.82) is 0 Å². The summed E-state index contributed by atoms with van der Waals surface area (Å²) in [6.07, 6.45) is 6.88. The van der Waals surface area contributed by atoms with Crippen molar-refractivity contribution in [3.8, 4) is 0 Å².